The van der Waals surface area contributed by atoms with E-state index < -0.39 is 0 Å². The van der Waals surface area contributed by atoms with E-state index in [-0.39, 0.29) is 17.6 Å². The third kappa shape index (κ3) is 1.92. The van der Waals surface area contributed by atoms with E-state index in [0.717, 1.165) is 18.4 Å². The molecule has 0 spiro atoms. The lowest BCUT2D eigenvalue weighted by Crippen LogP contribution is -2.29. The molecule has 0 atom stereocenters. The third-order valence-corrected chi connectivity index (χ3v) is 3.38. The van der Waals surface area contributed by atoms with Crippen LogP contribution >= 0.6 is 0 Å². The number of nitrogens with two attached hydrogens (primary N) is 1. The largest absolute Gasteiger partial charge is 0.395 e. The van der Waals surface area contributed by atoms with E-state index in [0.29, 0.717) is 0 Å². The Bertz CT molecular complexity index is 361. The van der Waals surface area contributed by atoms with Crippen molar-refractivity contribution in [1.82, 2.24) is 0 Å². The van der Waals surface area contributed by atoms with Gasteiger partial charge in [0.15, 0.2) is 0 Å². The molecule has 0 aliphatic heterocycles. The van der Waals surface area contributed by atoms with Gasteiger partial charge in [-0.25, -0.2) is 0 Å². The Morgan fingerprint density at radius 3 is 2.53 bits per heavy atom. The first kappa shape index (κ1) is 10.7. The van der Waals surface area contributed by atoms with Crippen molar-refractivity contribution in [3.63, 3.8) is 0 Å². The van der Waals surface area contributed by atoms with Crippen LogP contribution in [0.1, 0.15) is 37.8 Å². The predicted octanol–water partition coefficient (Wildman–Crippen LogP) is 1.90. The minimum Gasteiger partial charge on any atom is -0.395 e. The maximum atomic E-state index is 9.37. The van der Waals surface area contributed by atoms with Crippen LogP contribution in [-0.4, -0.2) is 11.7 Å². The van der Waals surface area contributed by atoms with Gasteiger partial charge in [0.05, 0.1) is 6.61 Å². The maximum absolute atomic E-state index is 9.37. The van der Waals surface area contributed by atoms with Gasteiger partial charge >= 0.3 is 0 Å². The summed E-state index contributed by atoms with van der Waals surface area (Å²) in [5, 5.41) is 9.37. The summed E-state index contributed by atoms with van der Waals surface area (Å²) in [5.74, 6) is 0. The fraction of sp³-hybridized carbons (Fsp3) is 0.538. The van der Waals surface area contributed by atoms with E-state index in [9.17, 15) is 5.11 Å². The Balaban J connectivity index is 2.35. The molecule has 1 fully saturated rings. The van der Waals surface area contributed by atoms with Crippen LogP contribution in [0, 0.1) is 0 Å². The molecule has 3 N–H and O–H groups in total. The fourth-order valence-corrected chi connectivity index (χ4v) is 1.94. The minimum absolute atomic E-state index is 0.0429. The van der Waals surface area contributed by atoms with E-state index in [1.165, 1.54) is 5.56 Å². The number of aliphatic hydroxyl groups is 1. The minimum atomic E-state index is -0.304. The Kier molecular flexibility index (Phi) is 2.36. The number of hydrogen-bond acceptors (Lipinski definition) is 2. The summed E-state index contributed by atoms with van der Waals surface area (Å²) in [6, 6.07) is 8.33. The SMILES string of the molecule is CC(C)(N)c1cccc(C2(CO)CC2)c1. The zero-order valence-electron chi connectivity index (χ0n) is 9.46. The second-order valence-corrected chi connectivity index (χ2v) is 5.24. The van der Waals surface area contributed by atoms with Crippen LogP contribution in [0.2, 0.25) is 0 Å². The molecular weight excluding hydrogens is 186 g/mol. The molecule has 0 radical (unpaired) electrons. The standard InChI is InChI=1S/C13H19NO/c1-12(2,14)10-4-3-5-11(8-10)13(9-15)6-7-13/h3-5,8,15H,6-7,9,14H2,1-2H3. The first-order chi connectivity index (χ1) is 6.98. The van der Waals surface area contributed by atoms with Crippen molar-refractivity contribution in [2.45, 2.75) is 37.6 Å². The fourth-order valence-electron chi connectivity index (χ4n) is 1.94. The highest BCUT2D eigenvalue weighted by molar-refractivity contribution is 5.37. The molecule has 0 bridgehead atoms. The zero-order valence-corrected chi connectivity index (χ0v) is 9.46. The van der Waals surface area contributed by atoms with Gasteiger partial charge < -0.3 is 10.8 Å². The van der Waals surface area contributed by atoms with E-state index >= 15 is 0 Å². The van der Waals surface area contributed by atoms with Gasteiger partial charge in [-0.15, -0.1) is 0 Å². The van der Waals surface area contributed by atoms with Crippen LogP contribution in [0.15, 0.2) is 24.3 Å². The van der Waals surface area contributed by atoms with Crippen molar-refractivity contribution in [2.75, 3.05) is 6.61 Å². The quantitative estimate of drug-likeness (QED) is 0.791. The summed E-state index contributed by atoms with van der Waals surface area (Å²) in [6.07, 6.45) is 2.19. The maximum Gasteiger partial charge on any atom is 0.0527 e. The summed E-state index contributed by atoms with van der Waals surface area (Å²) in [7, 11) is 0. The van der Waals surface area contributed by atoms with Crippen molar-refractivity contribution in [3.8, 4) is 0 Å². The highest BCUT2D eigenvalue weighted by Crippen LogP contribution is 2.48. The molecule has 1 aliphatic rings. The number of aliphatic hydroxyl groups excluding tert-OH is 1. The molecule has 0 heterocycles. The molecule has 2 rings (SSSR count). The first-order valence-corrected chi connectivity index (χ1v) is 5.49. The lowest BCUT2D eigenvalue weighted by molar-refractivity contribution is 0.255. The van der Waals surface area contributed by atoms with Gasteiger partial charge in [0, 0.05) is 11.0 Å². The molecule has 0 unspecified atom stereocenters. The van der Waals surface area contributed by atoms with E-state index in [1.807, 2.05) is 19.9 Å². The molecule has 2 nitrogen and oxygen atoms in total. The molecule has 1 saturated carbocycles. The molecule has 1 aromatic rings. The lowest BCUT2D eigenvalue weighted by Gasteiger charge is -2.21. The van der Waals surface area contributed by atoms with Gasteiger partial charge in [-0.3, -0.25) is 0 Å². The van der Waals surface area contributed by atoms with Crippen LogP contribution in [-0.2, 0) is 11.0 Å². The van der Waals surface area contributed by atoms with Crippen LogP contribution < -0.4 is 5.73 Å². The highest BCUT2D eigenvalue weighted by atomic mass is 16.3. The molecule has 82 valence electrons. The number of benzene rings is 1. The number of hydrogen-bond donors (Lipinski definition) is 2. The van der Waals surface area contributed by atoms with E-state index in [1.54, 1.807) is 0 Å². The van der Waals surface area contributed by atoms with Gasteiger partial charge in [-0.05, 0) is 37.8 Å². The molecule has 2 heteroatoms. The summed E-state index contributed by atoms with van der Waals surface area (Å²) in [4.78, 5) is 0. The van der Waals surface area contributed by atoms with Gasteiger partial charge in [-0.2, -0.15) is 0 Å². The van der Waals surface area contributed by atoms with E-state index in [2.05, 4.69) is 18.2 Å². The van der Waals surface area contributed by atoms with Crippen molar-refractivity contribution in [3.05, 3.63) is 35.4 Å². The smallest absolute Gasteiger partial charge is 0.0527 e. The Morgan fingerprint density at radius 2 is 2.07 bits per heavy atom. The second-order valence-electron chi connectivity index (χ2n) is 5.24. The van der Waals surface area contributed by atoms with Crippen molar-refractivity contribution < 1.29 is 5.11 Å². The van der Waals surface area contributed by atoms with Gasteiger partial charge in [0.1, 0.15) is 0 Å². The topological polar surface area (TPSA) is 46.2 Å². The van der Waals surface area contributed by atoms with Gasteiger partial charge in [0.25, 0.3) is 0 Å². The summed E-state index contributed by atoms with van der Waals surface area (Å²) in [5.41, 5.74) is 8.18. The summed E-state index contributed by atoms with van der Waals surface area (Å²) >= 11 is 0. The molecule has 0 amide bonds. The molecule has 0 aromatic heterocycles. The Labute approximate surface area is 91.1 Å². The Morgan fingerprint density at radius 1 is 1.40 bits per heavy atom. The normalized spacial score (nSPS) is 18.9. The average molecular weight is 205 g/mol. The monoisotopic (exact) mass is 205 g/mol. The molecule has 0 saturated heterocycles. The molecule has 15 heavy (non-hydrogen) atoms. The van der Waals surface area contributed by atoms with Crippen LogP contribution in [0.5, 0.6) is 0 Å². The Hall–Kier alpha value is -0.860. The zero-order chi connectivity index (χ0) is 11.1. The highest BCUT2D eigenvalue weighted by Gasteiger charge is 2.43. The van der Waals surface area contributed by atoms with Crippen LogP contribution in [0.3, 0.4) is 0 Å². The van der Waals surface area contributed by atoms with Gasteiger partial charge in [-0.1, -0.05) is 24.3 Å². The first-order valence-electron chi connectivity index (χ1n) is 5.49. The van der Waals surface area contributed by atoms with Crippen molar-refractivity contribution in [2.24, 2.45) is 5.73 Å². The molecule has 1 aromatic carbocycles. The lowest BCUT2D eigenvalue weighted by atomic mass is 9.89. The summed E-state index contributed by atoms with van der Waals surface area (Å²) in [6.45, 7) is 4.26. The average Bonchev–Trinajstić information content (AvgIpc) is 2.97. The number of rotatable bonds is 3. The van der Waals surface area contributed by atoms with Crippen LogP contribution in [0.4, 0.5) is 0 Å². The summed E-state index contributed by atoms with van der Waals surface area (Å²) < 4.78 is 0. The van der Waals surface area contributed by atoms with Gasteiger partial charge in [0.2, 0.25) is 0 Å². The van der Waals surface area contributed by atoms with E-state index in [4.69, 9.17) is 5.73 Å². The second kappa shape index (κ2) is 3.32. The molecular formula is C13H19NO. The van der Waals surface area contributed by atoms with Crippen molar-refractivity contribution in [1.29, 1.82) is 0 Å². The predicted molar refractivity (Wildman–Crippen MR) is 61.7 cm³/mol. The van der Waals surface area contributed by atoms with Crippen molar-refractivity contribution >= 4 is 0 Å². The third-order valence-electron chi connectivity index (χ3n) is 3.38. The van der Waals surface area contributed by atoms with Crippen LogP contribution in [0.25, 0.3) is 0 Å². The molecule has 1 aliphatic carbocycles.